The summed E-state index contributed by atoms with van der Waals surface area (Å²) in [5, 5.41) is 13.9. The second-order valence-corrected chi connectivity index (χ2v) is 4.08. The van der Waals surface area contributed by atoms with Crippen LogP contribution in [0.25, 0.3) is 11.5 Å². The SMILES string of the molecule is CSCC(C)c1nc(-c2cn[nH]n2)no1. The molecule has 2 rings (SSSR count). The van der Waals surface area contributed by atoms with Crippen LogP contribution in [0.3, 0.4) is 0 Å². The molecule has 0 bridgehead atoms. The molecule has 0 aliphatic heterocycles. The van der Waals surface area contributed by atoms with Gasteiger partial charge in [-0.1, -0.05) is 12.1 Å². The van der Waals surface area contributed by atoms with Gasteiger partial charge < -0.3 is 4.52 Å². The van der Waals surface area contributed by atoms with Crippen molar-refractivity contribution < 1.29 is 4.52 Å². The molecule has 0 spiro atoms. The minimum absolute atomic E-state index is 0.258. The van der Waals surface area contributed by atoms with Gasteiger partial charge in [0.05, 0.1) is 6.20 Å². The zero-order valence-corrected chi connectivity index (χ0v) is 9.28. The van der Waals surface area contributed by atoms with E-state index in [0.717, 1.165) is 5.75 Å². The molecule has 1 atom stereocenters. The number of thioether (sulfide) groups is 1. The first kappa shape index (κ1) is 10.2. The zero-order valence-electron chi connectivity index (χ0n) is 8.47. The smallest absolute Gasteiger partial charge is 0.230 e. The number of nitrogens with zero attached hydrogens (tertiary/aromatic N) is 4. The van der Waals surface area contributed by atoms with E-state index in [9.17, 15) is 0 Å². The number of aromatic amines is 1. The highest BCUT2D eigenvalue weighted by atomic mass is 32.2. The molecule has 2 aromatic heterocycles. The molecule has 0 amide bonds. The molecule has 0 aliphatic rings. The molecular formula is C8H11N5OS. The Morgan fingerprint density at radius 3 is 3.13 bits per heavy atom. The van der Waals surface area contributed by atoms with Crippen molar-refractivity contribution in [1.29, 1.82) is 0 Å². The molecule has 0 saturated heterocycles. The highest BCUT2D eigenvalue weighted by Crippen LogP contribution is 2.19. The second kappa shape index (κ2) is 4.43. The molecule has 15 heavy (non-hydrogen) atoms. The molecule has 1 unspecified atom stereocenters. The van der Waals surface area contributed by atoms with Crippen molar-refractivity contribution in [2.75, 3.05) is 12.0 Å². The molecular weight excluding hydrogens is 214 g/mol. The summed E-state index contributed by atoms with van der Waals surface area (Å²) in [6.45, 7) is 2.05. The first-order valence-corrected chi connectivity index (χ1v) is 5.89. The average molecular weight is 225 g/mol. The van der Waals surface area contributed by atoms with Crippen LogP contribution in [-0.2, 0) is 0 Å². The fourth-order valence-electron chi connectivity index (χ4n) is 1.17. The van der Waals surface area contributed by atoms with Crippen LogP contribution in [0.15, 0.2) is 10.7 Å². The summed E-state index contributed by atoms with van der Waals surface area (Å²) in [6.07, 6.45) is 3.61. The number of H-pyrrole nitrogens is 1. The lowest BCUT2D eigenvalue weighted by Crippen LogP contribution is -1.96. The van der Waals surface area contributed by atoms with E-state index >= 15 is 0 Å². The summed E-state index contributed by atoms with van der Waals surface area (Å²) < 4.78 is 5.15. The topological polar surface area (TPSA) is 80.5 Å². The third-order valence-electron chi connectivity index (χ3n) is 1.92. The first-order chi connectivity index (χ1) is 7.31. The summed E-state index contributed by atoms with van der Waals surface area (Å²) in [7, 11) is 0. The standard InChI is InChI=1S/C8H11N5OS/c1-5(4-15-2)8-10-7(12-14-8)6-3-9-13-11-6/h3,5H,4H2,1-2H3,(H,9,11,13). The van der Waals surface area contributed by atoms with Crippen LogP contribution in [0.4, 0.5) is 0 Å². The Morgan fingerprint density at radius 2 is 2.47 bits per heavy atom. The van der Waals surface area contributed by atoms with Gasteiger partial charge in [-0.3, -0.25) is 0 Å². The maximum atomic E-state index is 5.15. The van der Waals surface area contributed by atoms with E-state index in [0.29, 0.717) is 17.4 Å². The maximum Gasteiger partial charge on any atom is 0.230 e. The van der Waals surface area contributed by atoms with Crippen LogP contribution in [-0.4, -0.2) is 37.6 Å². The lowest BCUT2D eigenvalue weighted by atomic mass is 10.2. The van der Waals surface area contributed by atoms with E-state index in [1.54, 1.807) is 18.0 Å². The van der Waals surface area contributed by atoms with Gasteiger partial charge in [-0.25, -0.2) is 0 Å². The van der Waals surface area contributed by atoms with E-state index in [1.807, 2.05) is 6.26 Å². The number of aromatic nitrogens is 5. The van der Waals surface area contributed by atoms with Crippen molar-refractivity contribution in [2.45, 2.75) is 12.8 Å². The number of rotatable bonds is 4. The normalized spacial score (nSPS) is 12.9. The second-order valence-electron chi connectivity index (χ2n) is 3.17. The van der Waals surface area contributed by atoms with Gasteiger partial charge >= 0.3 is 0 Å². The maximum absolute atomic E-state index is 5.15. The van der Waals surface area contributed by atoms with Crippen molar-refractivity contribution >= 4 is 11.8 Å². The summed E-state index contributed by atoms with van der Waals surface area (Å²) in [5.74, 6) is 2.34. The third-order valence-corrected chi connectivity index (χ3v) is 2.76. The summed E-state index contributed by atoms with van der Waals surface area (Å²) in [5.41, 5.74) is 0.598. The van der Waals surface area contributed by atoms with Gasteiger partial charge in [-0.05, 0) is 6.26 Å². The van der Waals surface area contributed by atoms with Crippen LogP contribution >= 0.6 is 11.8 Å². The van der Waals surface area contributed by atoms with Gasteiger partial charge in [0.15, 0.2) is 5.69 Å². The van der Waals surface area contributed by atoms with E-state index in [-0.39, 0.29) is 5.92 Å². The molecule has 7 heteroatoms. The predicted octanol–water partition coefficient (Wildman–Crippen LogP) is 1.32. The summed E-state index contributed by atoms with van der Waals surface area (Å²) in [6, 6.07) is 0. The Labute approximate surface area is 90.8 Å². The molecule has 0 radical (unpaired) electrons. The van der Waals surface area contributed by atoms with Gasteiger partial charge in [0, 0.05) is 11.7 Å². The van der Waals surface area contributed by atoms with Crippen LogP contribution in [0.1, 0.15) is 18.7 Å². The van der Waals surface area contributed by atoms with Crippen molar-refractivity contribution in [3.05, 3.63) is 12.1 Å². The van der Waals surface area contributed by atoms with Crippen molar-refractivity contribution in [2.24, 2.45) is 0 Å². The Kier molecular flexibility index (Phi) is 3.00. The van der Waals surface area contributed by atoms with E-state index in [4.69, 9.17) is 4.52 Å². The minimum Gasteiger partial charge on any atom is -0.339 e. The third kappa shape index (κ3) is 2.17. The van der Waals surface area contributed by atoms with Crippen LogP contribution in [0, 0.1) is 0 Å². The number of hydrogen-bond donors (Lipinski definition) is 1. The summed E-state index contributed by atoms with van der Waals surface area (Å²) in [4.78, 5) is 4.26. The largest absolute Gasteiger partial charge is 0.339 e. The Morgan fingerprint density at radius 1 is 1.60 bits per heavy atom. The average Bonchev–Trinajstić information content (AvgIpc) is 2.89. The predicted molar refractivity (Wildman–Crippen MR) is 56.5 cm³/mol. The molecule has 80 valence electrons. The minimum atomic E-state index is 0.258. The lowest BCUT2D eigenvalue weighted by molar-refractivity contribution is 0.367. The number of hydrogen-bond acceptors (Lipinski definition) is 6. The Bertz CT molecular complexity index is 412. The zero-order chi connectivity index (χ0) is 10.7. The highest BCUT2D eigenvalue weighted by molar-refractivity contribution is 7.98. The monoisotopic (exact) mass is 225 g/mol. The lowest BCUT2D eigenvalue weighted by Gasteiger charge is -2.01. The highest BCUT2D eigenvalue weighted by Gasteiger charge is 2.15. The molecule has 6 nitrogen and oxygen atoms in total. The van der Waals surface area contributed by atoms with Gasteiger partial charge in [0.25, 0.3) is 0 Å². The summed E-state index contributed by atoms with van der Waals surface area (Å²) >= 11 is 1.75. The number of nitrogens with one attached hydrogen (secondary N) is 1. The first-order valence-electron chi connectivity index (χ1n) is 4.50. The molecule has 1 N–H and O–H groups in total. The van der Waals surface area contributed by atoms with Crippen LogP contribution in [0.5, 0.6) is 0 Å². The molecule has 0 aliphatic carbocycles. The van der Waals surface area contributed by atoms with E-state index in [2.05, 4.69) is 32.5 Å². The van der Waals surface area contributed by atoms with Gasteiger partial charge in [0.2, 0.25) is 11.7 Å². The Hall–Kier alpha value is -1.37. The fourth-order valence-corrected chi connectivity index (χ4v) is 1.81. The molecule has 0 fully saturated rings. The van der Waals surface area contributed by atoms with Crippen LogP contribution in [0.2, 0.25) is 0 Å². The van der Waals surface area contributed by atoms with Crippen molar-refractivity contribution in [3.8, 4) is 11.5 Å². The van der Waals surface area contributed by atoms with Gasteiger partial charge in [-0.2, -0.15) is 32.2 Å². The quantitative estimate of drug-likeness (QED) is 0.845. The van der Waals surface area contributed by atoms with Crippen molar-refractivity contribution in [1.82, 2.24) is 25.6 Å². The van der Waals surface area contributed by atoms with Crippen LogP contribution < -0.4 is 0 Å². The molecule has 2 heterocycles. The van der Waals surface area contributed by atoms with Gasteiger partial charge in [0.1, 0.15) is 0 Å². The molecule has 2 aromatic rings. The van der Waals surface area contributed by atoms with E-state index in [1.165, 1.54) is 0 Å². The van der Waals surface area contributed by atoms with E-state index < -0.39 is 0 Å². The van der Waals surface area contributed by atoms with Crippen molar-refractivity contribution in [3.63, 3.8) is 0 Å². The molecule has 0 aromatic carbocycles. The fraction of sp³-hybridized carbons (Fsp3) is 0.500. The Balaban J connectivity index is 2.17. The van der Waals surface area contributed by atoms with Gasteiger partial charge in [-0.15, -0.1) is 0 Å². The molecule has 0 saturated carbocycles.